The highest BCUT2D eigenvalue weighted by Crippen LogP contribution is 1.97. The molecule has 0 N–H and O–H groups in total. The van der Waals surface area contributed by atoms with Crippen LogP contribution >= 0.6 is 22.6 Å². The van der Waals surface area contributed by atoms with Gasteiger partial charge in [-0.25, -0.2) is 0 Å². The molecule has 0 unspecified atom stereocenters. The van der Waals surface area contributed by atoms with Crippen molar-refractivity contribution in [1.82, 2.24) is 9.78 Å². The molecule has 0 aliphatic carbocycles. The Hall–Kier alpha value is -0.0600. The van der Waals surface area contributed by atoms with Crippen molar-refractivity contribution in [3.63, 3.8) is 0 Å². The third-order valence-corrected chi connectivity index (χ3v) is 1.66. The Labute approximate surface area is 68.4 Å². The van der Waals surface area contributed by atoms with Crippen LogP contribution in [0.3, 0.4) is 0 Å². The number of aryl methyl sites for hydroxylation is 2. The molecule has 0 aliphatic heterocycles. The summed E-state index contributed by atoms with van der Waals surface area (Å²) in [5.74, 6) is 0. The first-order valence-corrected chi connectivity index (χ1v) is 4.40. The molecule has 0 saturated carbocycles. The molecule has 1 aromatic heterocycles. The molecule has 3 heteroatoms. The lowest BCUT2D eigenvalue weighted by Gasteiger charge is -1.86. The minimum atomic E-state index is 1.08. The van der Waals surface area contributed by atoms with E-state index in [-0.39, 0.29) is 0 Å². The number of alkyl halides is 1. The minimum Gasteiger partial charge on any atom is -0.276 e. The molecule has 50 valence electrons. The lowest BCUT2D eigenvalue weighted by Crippen LogP contribution is -1.91. The largest absolute Gasteiger partial charge is 0.276 e. The normalized spacial score (nSPS) is 10.0. The SMILES string of the molecule is Cn1ccc(CCI)n1. The molecule has 0 amide bonds. The summed E-state index contributed by atoms with van der Waals surface area (Å²) in [5, 5.41) is 4.21. The molecule has 0 radical (unpaired) electrons. The van der Waals surface area contributed by atoms with Crippen LogP contribution in [0, 0.1) is 0 Å². The minimum absolute atomic E-state index is 1.08. The van der Waals surface area contributed by atoms with Crippen LogP contribution in [0.15, 0.2) is 12.3 Å². The van der Waals surface area contributed by atoms with Gasteiger partial charge in [0.05, 0.1) is 5.69 Å². The van der Waals surface area contributed by atoms with Crippen LogP contribution < -0.4 is 0 Å². The Morgan fingerprint density at radius 3 is 3.00 bits per heavy atom. The summed E-state index contributed by atoms with van der Waals surface area (Å²) >= 11 is 2.35. The van der Waals surface area contributed by atoms with Gasteiger partial charge in [-0.3, -0.25) is 4.68 Å². The number of nitrogens with zero attached hydrogens (tertiary/aromatic N) is 2. The van der Waals surface area contributed by atoms with E-state index >= 15 is 0 Å². The lowest BCUT2D eigenvalue weighted by molar-refractivity contribution is 0.747. The first-order chi connectivity index (χ1) is 4.33. The van der Waals surface area contributed by atoms with E-state index < -0.39 is 0 Å². The number of hydrogen-bond donors (Lipinski definition) is 0. The molecule has 1 aromatic rings. The standard InChI is InChI=1S/C6H9IN2/c1-9-5-3-6(8-9)2-4-7/h3,5H,2,4H2,1H3. The predicted molar refractivity (Wildman–Crippen MR) is 45.8 cm³/mol. The van der Waals surface area contributed by atoms with Crippen LogP contribution in [-0.4, -0.2) is 14.2 Å². The maximum Gasteiger partial charge on any atom is 0.0632 e. The van der Waals surface area contributed by atoms with E-state index in [0.29, 0.717) is 0 Å². The van der Waals surface area contributed by atoms with E-state index in [2.05, 4.69) is 33.8 Å². The van der Waals surface area contributed by atoms with Crippen LogP contribution in [0.25, 0.3) is 0 Å². The topological polar surface area (TPSA) is 17.8 Å². The Kier molecular flexibility index (Phi) is 2.50. The molecule has 0 bridgehead atoms. The van der Waals surface area contributed by atoms with Gasteiger partial charge in [0.1, 0.15) is 0 Å². The van der Waals surface area contributed by atoms with Crippen LogP contribution in [0.2, 0.25) is 0 Å². The van der Waals surface area contributed by atoms with Crippen LogP contribution in [0.4, 0.5) is 0 Å². The van der Waals surface area contributed by atoms with Crippen molar-refractivity contribution in [2.45, 2.75) is 6.42 Å². The smallest absolute Gasteiger partial charge is 0.0632 e. The molecule has 9 heavy (non-hydrogen) atoms. The van der Waals surface area contributed by atoms with Gasteiger partial charge in [-0.05, 0) is 6.07 Å². The summed E-state index contributed by atoms with van der Waals surface area (Å²) in [6.45, 7) is 0. The van der Waals surface area contributed by atoms with Crippen molar-refractivity contribution >= 4 is 22.6 Å². The van der Waals surface area contributed by atoms with Gasteiger partial charge >= 0.3 is 0 Å². The van der Waals surface area contributed by atoms with Crippen molar-refractivity contribution in [3.8, 4) is 0 Å². The molecule has 0 saturated heterocycles. The van der Waals surface area contributed by atoms with E-state index in [1.165, 1.54) is 5.69 Å². The van der Waals surface area contributed by atoms with E-state index in [9.17, 15) is 0 Å². The fourth-order valence-corrected chi connectivity index (χ4v) is 1.25. The summed E-state index contributed by atoms with van der Waals surface area (Å²) in [4.78, 5) is 0. The zero-order valence-electron chi connectivity index (χ0n) is 5.34. The van der Waals surface area contributed by atoms with E-state index in [1.54, 1.807) is 0 Å². The van der Waals surface area contributed by atoms with Crippen molar-refractivity contribution in [2.75, 3.05) is 4.43 Å². The highest BCUT2D eigenvalue weighted by molar-refractivity contribution is 14.1. The average molecular weight is 236 g/mol. The van der Waals surface area contributed by atoms with Crippen molar-refractivity contribution < 1.29 is 0 Å². The zero-order chi connectivity index (χ0) is 6.69. The molecule has 2 nitrogen and oxygen atoms in total. The second-order valence-corrected chi connectivity index (χ2v) is 3.00. The number of hydrogen-bond acceptors (Lipinski definition) is 1. The third kappa shape index (κ3) is 1.97. The molecule has 0 aliphatic rings. The molecule has 1 heterocycles. The predicted octanol–water partition coefficient (Wildman–Crippen LogP) is 1.40. The first kappa shape index (κ1) is 7.05. The molecule has 0 atom stereocenters. The van der Waals surface area contributed by atoms with Crippen molar-refractivity contribution in [3.05, 3.63) is 18.0 Å². The lowest BCUT2D eigenvalue weighted by atomic mass is 10.4. The number of halogens is 1. The molecule has 1 rings (SSSR count). The maximum absolute atomic E-state index is 4.21. The second-order valence-electron chi connectivity index (χ2n) is 1.92. The number of rotatable bonds is 2. The zero-order valence-corrected chi connectivity index (χ0v) is 7.50. The van der Waals surface area contributed by atoms with Crippen molar-refractivity contribution in [2.24, 2.45) is 7.05 Å². The van der Waals surface area contributed by atoms with Gasteiger partial charge in [0.15, 0.2) is 0 Å². The summed E-state index contributed by atoms with van der Waals surface area (Å²) < 4.78 is 2.98. The van der Waals surface area contributed by atoms with Gasteiger partial charge in [0, 0.05) is 24.1 Å². The molecule has 0 spiro atoms. The summed E-state index contributed by atoms with van der Waals surface area (Å²) in [7, 11) is 1.94. The van der Waals surface area contributed by atoms with E-state index in [1.807, 2.05) is 17.9 Å². The van der Waals surface area contributed by atoms with E-state index in [0.717, 1.165) is 10.8 Å². The second kappa shape index (κ2) is 3.20. The van der Waals surface area contributed by atoms with Crippen LogP contribution in [-0.2, 0) is 13.5 Å². The van der Waals surface area contributed by atoms with Crippen LogP contribution in [0.1, 0.15) is 5.69 Å². The summed E-state index contributed by atoms with van der Waals surface area (Å²) in [5.41, 5.74) is 1.19. The summed E-state index contributed by atoms with van der Waals surface area (Å²) in [6, 6.07) is 2.05. The van der Waals surface area contributed by atoms with Gasteiger partial charge in [0.2, 0.25) is 0 Å². The molecule has 0 aromatic carbocycles. The van der Waals surface area contributed by atoms with Crippen LogP contribution in [0.5, 0.6) is 0 Å². The fourth-order valence-electron chi connectivity index (χ4n) is 0.693. The van der Waals surface area contributed by atoms with Gasteiger partial charge < -0.3 is 0 Å². The molecule has 0 fully saturated rings. The van der Waals surface area contributed by atoms with Crippen molar-refractivity contribution in [1.29, 1.82) is 0 Å². The van der Waals surface area contributed by atoms with Gasteiger partial charge in [-0.1, -0.05) is 22.6 Å². The summed E-state index contributed by atoms with van der Waals surface area (Å²) in [6.07, 6.45) is 3.06. The maximum atomic E-state index is 4.21. The van der Waals surface area contributed by atoms with E-state index in [4.69, 9.17) is 0 Å². The Bertz CT molecular complexity index is 183. The quantitative estimate of drug-likeness (QED) is 0.560. The third-order valence-electron chi connectivity index (χ3n) is 1.12. The van der Waals surface area contributed by atoms with Gasteiger partial charge in [-0.15, -0.1) is 0 Å². The fraction of sp³-hybridized carbons (Fsp3) is 0.500. The monoisotopic (exact) mass is 236 g/mol. The Balaban J connectivity index is 2.61. The molecular weight excluding hydrogens is 227 g/mol. The highest BCUT2D eigenvalue weighted by atomic mass is 127. The first-order valence-electron chi connectivity index (χ1n) is 2.87. The Morgan fingerprint density at radius 2 is 2.56 bits per heavy atom. The number of aromatic nitrogens is 2. The van der Waals surface area contributed by atoms with Gasteiger partial charge in [-0.2, -0.15) is 5.10 Å². The van der Waals surface area contributed by atoms with Gasteiger partial charge in [0.25, 0.3) is 0 Å². The molecular formula is C6H9IN2. The highest BCUT2D eigenvalue weighted by Gasteiger charge is 1.92. The Morgan fingerprint density at radius 1 is 1.78 bits per heavy atom. The average Bonchev–Trinajstić information content (AvgIpc) is 2.17.